The minimum Gasteiger partial charge on any atom is -0.477 e. The van der Waals surface area contributed by atoms with Gasteiger partial charge in [-0.05, 0) is 18.6 Å². The Morgan fingerprint density at radius 1 is 1.22 bits per heavy atom. The summed E-state index contributed by atoms with van der Waals surface area (Å²) in [6.45, 7) is 1.71. The fourth-order valence-electron chi connectivity index (χ4n) is 2.10. The van der Waals surface area contributed by atoms with Crippen LogP contribution in [-0.2, 0) is 10.0 Å². The van der Waals surface area contributed by atoms with Crippen LogP contribution in [0.2, 0.25) is 0 Å². The highest BCUT2D eigenvalue weighted by molar-refractivity contribution is 7.89. The fraction of sp³-hybridized carbons (Fsp3) is 0.200. The van der Waals surface area contributed by atoms with E-state index in [0.29, 0.717) is 0 Å². The van der Waals surface area contributed by atoms with Gasteiger partial charge in [0.1, 0.15) is 5.69 Å². The van der Waals surface area contributed by atoms with Crippen LogP contribution in [0.25, 0.3) is 0 Å². The van der Waals surface area contributed by atoms with Crippen LogP contribution in [0.15, 0.2) is 52.2 Å². The lowest BCUT2D eigenvalue weighted by Gasteiger charge is -2.24. The number of carboxylic acids is 1. The molecule has 23 heavy (non-hydrogen) atoms. The average Bonchev–Trinajstić information content (AvgIpc) is 2.53. The van der Waals surface area contributed by atoms with Gasteiger partial charge in [-0.1, -0.05) is 30.3 Å². The molecule has 0 aliphatic heterocycles. The summed E-state index contributed by atoms with van der Waals surface area (Å²) in [7, 11) is -2.63. The first-order valence-corrected chi connectivity index (χ1v) is 8.18. The van der Waals surface area contributed by atoms with Gasteiger partial charge in [0, 0.05) is 19.2 Å². The molecule has 0 bridgehead atoms. The molecule has 0 radical (unpaired) electrons. The normalized spacial score (nSPS) is 13.0. The van der Waals surface area contributed by atoms with Gasteiger partial charge in [0.2, 0.25) is 15.6 Å². The predicted molar refractivity (Wildman–Crippen MR) is 83.8 cm³/mol. The second kappa shape index (κ2) is 6.35. The topological polar surface area (TPSA) is 108 Å². The van der Waals surface area contributed by atoms with E-state index in [1.54, 1.807) is 31.2 Å². The monoisotopic (exact) mass is 336 g/mol. The van der Waals surface area contributed by atoms with Gasteiger partial charge >= 0.3 is 5.97 Å². The van der Waals surface area contributed by atoms with E-state index in [9.17, 15) is 18.0 Å². The zero-order valence-corrected chi connectivity index (χ0v) is 13.4. The SMILES string of the molecule is C[C@H](c1ccccc1)N(C)S(=O)(=O)c1cc(C(=O)O)[nH]c(=O)c1. The number of carboxylic acid groups (broad SMARTS) is 1. The number of rotatable bonds is 5. The van der Waals surface area contributed by atoms with Crippen molar-refractivity contribution in [2.75, 3.05) is 7.05 Å². The third kappa shape index (κ3) is 3.49. The molecule has 7 nitrogen and oxygen atoms in total. The summed E-state index contributed by atoms with van der Waals surface area (Å²) in [5.74, 6) is -1.40. The van der Waals surface area contributed by atoms with Gasteiger partial charge in [0.05, 0.1) is 4.90 Å². The number of aromatic amines is 1. The van der Waals surface area contributed by atoms with Crippen molar-refractivity contribution in [1.82, 2.24) is 9.29 Å². The van der Waals surface area contributed by atoms with Crippen LogP contribution in [0.4, 0.5) is 0 Å². The van der Waals surface area contributed by atoms with Crippen LogP contribution in [0, 0.1) is 0 Å². The fourth-order valence-corrected chi connectivity index (χ4v) is 3.49. The number of pyridine rings is 1. The van der Waals surface area contributed by atoms with E-state index in [4.69, 9.17) is 5.11 Å². The molecule has 0 spiro atoms. The van der Waals surface area contributed by atoms with Gasteiger partial charge in [0.25, 0.3) is 0 Å². The Morgan fingerprint density at radius 2 is 1.83 bits per heavy atom. The quantitative estimate of drug-likeness (QED) is 0.859. The molecule has 0 saturated heterocycles. The summed E-state index contributed by atoms with van der Waals surface area (Å²) in [4.78, 5) is 24.2. The molecule has 2 aromatic rings. The maximum atomic E-state index is 12.7. The molecule has 1 aromatic heterocycles. The highest BCUT2D eigenvalue weighted by Crippen LogP contribution is 2.25. The van der Waals surface area contributed by atoms with Crippen molar-refractivity contribution in [3.63, 3.8) is 0 Å². The van der Waals surface area contributed by atoms with Crippen LogP contribution in [0.3, 0.4) is 0 Å². The van der Waals surface area contributed by atoms with E-state index in [-0.39, 0.29) is 4.90 Å². The molecule has 2 N–H and O–H groups in total. The first-order valence-electron chi connectivity index (χ1n) is 6.74. The molecule has 8 heteroatoms. The molecule has 0 unspecified atom stereocenters. The number of carbonyl (C=O) groups is 1. The summed E-state index contributed by atoms with van der Waals surface area (Å²) in [6.07, 6.45) is 0. The Kier molecular flexibility index (Phi) is 4.67. The number of sulfonamides is 1. The smallest absolute Gasteiger partial charge is 0.352 e. The number of nitrogens with one attached hydrogen (secondary N) is 1. The maximum absolute atomic E-state index is 12.7. The summed E-state index contributed by atoms with van der Waals surface area (Å²) in [5, 5.41) is 8.95. The predicted octanol–water partition coefficient (Wildman–Crippen LogP) is 1.45. The summed E-state index contributed by atoms with van der Waals surface area (Å²) in [6, 6.07) is 10.3. The highest BCUT2D eigenvalue weighted by Gasteiger charge is 2.27. The van der Waals surface area contributed by atoms with Crippen molar-refractivity contribution in [3.8, 4) is 0 Å². The van der Waals surface area contributed by atoms with Crippen molar-refractivity contribution in [2.45, 2.75) is 17.9 Å². The third-order valence-electron chi connectivity index (χ3n) is 3.55. The third-order valence-corrected chi connectivity index (χ3v) is 5.46. The molecule has 0 aliphatic rings. The molecular weight excluding hydrogens is 320 g/mol. The number of aromatic carboxylic acids is 1. The number of hydrogen-bond donors (Lipinski definition) is 2. The zero-order chi connectivity index (χ0) is 17.2. The number of aromatic nitrogens is 1. The molecule has 0 saturated carbocycles. The number of benzene rings is 1. The summed E-state index contributed by atoms with van der Waals surface area (Å²) < 4.78 is 26.4. The molecule has 0 aliphatic carbocycles. The zero-order valence-electron chi connectivity index (χ0n) is 12.6. The van der Waals surface area contributed by atoms with Crippen LogP contribution < -0.4 is 5.56 Å². The van der Waals surface area contributed by atoms with Gasteiger partial charge in [-0.2, -0.15) is 4.31 Å². The maximum Gasteiger partial charge on any atom is 0.352 e. The molecule has 2 rings (SSSR count). The van der Waals surface area contributed by atoms with E-state index >= 15 is 0 Å². The van der Waals surface area contributed by atoms with Gasteiger partial charge in [0.15, 0.2) is 0 Å². The Morgan fingerprint density at radius 3 is 2.39 bits per heavy atom. The Bertz CT molecular complexity index is 874. The molecule has 1 heterocycles. The lowest BCUT2D eigenvalue weighted by molar-refractivity contribution is 0.0690. The molecule has 1 aromatic carbocycles. The highest BCUT2D eigenvalue weighted by atomic mass is 32.2. The molecule has 122 valence electrons. The van der Waals surface area contributed by atoms with Crippen molar-refractivity contribution < 1.29 is 18.3 Å². The summed E-state index contributed by atoms with van der Waals surface area (Å²) >= 11 is 0. The van der Waals surface area contributed by atoms with Crippen LogP contribution >= 0.6 is 0 Å². The van der Waals surface area contributed by atoms with Gasteiger partial charge in [-0.15, -0.1) is 0 Å². The lowest BCUT2D eigenvalue weighted by atomic mass is 10.1. The second-order valence-electron chi connectivity index (χ2n) is 5.01. The first-order chi connectivity index (χ1) is 10.7. The van der Waals surface area contributed by atoms with Gasteiger partial charge in [-0.25, -0.2) is 13.2 Å². The van der Waals surface area contributed by atoms with E-state index in [0.717, 1.165) is 22.0 Å². The van der Waals surface area contributed by atoms with Crippen LogP contribution in [0.1, 0.15) is 29.0 Å². The average molecular weight is 336 g/mol. The van der Waals surface area contributed by atoms with E-state index in [2.05, 4.69) is 4.98 Å². The second-order valence-corrected chi connectivity index (χ2v) is 7.00. The number of H-pyrrole nitrogens is 1. The molecule has 0 amide bonds. The van der Waals surface area contributed by atoms with E-state index < -0.39 is 33.3 Å². The van der Waals surface area contributed by atoms with E-state index in [1.807, 2.05) is 6.07 Å². The van der Waals surface area contributed by atoms with E-state index in [1.165, 1.54) is 7.05 Å². The number of nitrogens with zero attached hydrogens (tertiary/aromatic N) is 1. The Hall–Kier alpha value is -2.45. The summed E-state index contributed by atoms with van der Waals surface area (Å²) in [5.41, 5.74) is -0.483. The Balaban J connectivity index is 2.46. The van der Waals surface area contributed by atoms with Crippen molar-refractivity contribution >= 4 is 16.0 Å². The minimum absolute atomic E-state index is 0.357. The van der Waals surface area contributed by atoms with Crippen molar-refractivity contribution in [3.05, 3.63) is 64.1 Å². The number of hydrogen-bond acceptors (Lipinski definition) is 4. The van der Waals surface area contributed by atoms with Crippen LogP contribution in [0.5, 0.6) is 0 Å². The first kappa shape index (κ1) is 16.9. The molecular formula is C15H16N2O5S. The molecule has 1 atom stereocenters. The van der Waals surface area contributed by atoms with Crippen molar-refractivity contribution in [2.24, 2.45) is 0 Å². The van der Waals surface area contributed by atoms with Gasteiger partial charge in [-0.3, -0.25) is 4.79 Å². The largest absolute Gasteiger partial charge is 0.477 e. The minimum atomic E-state index is -4.01. The molecule has 0 fully saturated rings. The lowest BCUT2D eigenvalue weighted by Crippen LogP contribution is -2.31. The van der Waals surface area contributed by atoms with Crippen LogP contribution in [-0.4, -0.2) is 35.8 Å². The Labute approximate surface area is 133 Å². The standard InChI is InChI=1S/C15H16N2O5S/c1-10(11-6-4-3-5-7-11)17(2)23(21,22)12-8-13(15(19)20)16-14(18)9-12/h3-10H,1-2H3,(H,16,18)(H,19,20)/t10-/m1/s1. The van der Waals surface area contributed by atoms with Crippen molar-refractivity contribution in [1.29, 1.82) is 0 Å². The van der Waals surface area contributed by atoms with Gasteiger partial charge < -0.3 is 10.1 Å².